The van der Waals surface area contributed by atoms with Crippen molar-refractivity contribution < 1.29 is 4.74 Å². The lowest BCUT2D eigenvalue weighted by Crippen LogP contribution is -2.11. The van der Waals surface area contributed by atoms with Gasteiger partial charge in [0.2, 0.25) is 0 Å². The monoisotopic (exact) mass is 390 g/mol. The molecule has 3 nitrogen and oxygen atoms in total. The van der Waals surface area contributed by atoms with Crippen LogP contribution >= 0.6 is 34.2 Å². The fourth-order valence-corrected chi connectivity index (χ4v) is 3.65. The number of methoxy groups -OCH3 is 1. The van der Waals surface area contributed by atoms with Crippen molar-refractivity contribution in [3.05, 3.63) is 27.6 Å². The second-order valence-corrected chi connectivity index (χ2v) is 6.50. The first-order chi connectivity index (χ1) is 9.22. The van der Waals surface area contributed by atoms with Gasteiger partial charge in [-0.15, -0.1) is 11.6 Å². The van der Waals surface area contributed by atoms with E-state index in [4.69, 9.17) is 16.3 Å². The minimum absolute atomic E-state index is 0.370. The molecule has 0 bridgehead atoms. The molecule has 1 heterocycles. The molecule has 1 fully saturated rings. The maximum atomic E-state index is 6.08. The second kappa shape index (κ2) is 5.58. The number of benzene rings is 1. The third kappa shape index (κ3) is 2.50. The molecule has 2 atom stereocenters. The van der Waals surface area contributed by atoms with E-state index >= 15 is 0 Å². The van der Waals surface area contributed by atoms with Crippen molar-refractivity contribution in [1.29, 1.82) is 0 Å². The molecule has 102 valence electrons. The van der Waals surface area contributed by atoms with Crippen molar-refractivity contribution in [2.24, 2.45) is 0 Å². The molecule has 0 saturated heterocycles. The van der Waals surface area contributed by atoms with Crippen molar-refractivity contribution >= 4 is 45.2 Å². The number of hydrogen-bond acceptors (Lipinski definition) is 2. The highest BCUT2D eigenvalue weighted by atomic mass is 127. The van der Waals surface area contributed by atoms with Gasteiger partial charge in [0, 0.05) is 16.7 Å². The fourth-order valence-electron chi connectivity index (χ4n) is 2.99. The standard InChI is InChI=1S/C14H16ClIN2O/c1-19-11-4-3-10(7-11)18-13-5-2-9(16)6-12(13)17-14(18)8-15/h2,5-6,10-11H,3-4,7-8H2,1H3. The predicted molar refractivity (Wildman–Crippen MR) is 85.7 cm³/mol. The summed E-state index contributed by atoms with van der Waals surface area (Å²) < 4.78 is 9.00. The summed E-state index contributed by atoms with van der Waals surface area (Å²) in [6, 6.07) is 6.86. The molecule has 2 aromatic rings. The Kier molecular flexibility index (Phi) is 4.01. The summed E-state index contributed by atoms with van der Waals surface area (Å²) >= 11 is 8.39. The molecule has 1 aromatic heterocycles. The van der Waals surface area contributed by atoms with Crippen LogP contribution in [0.1, 0.15) is 31.1 Å². The largest absolute Gasteiger partial charge is 0.381 e. The SMILES string of the molecule is COC1CCC(n2c(CCl)nc3cc(I)ccc32)C1. The lowest BCUT2D eigenvalue weighted by atomic mass is 10.2. The van der Waals surface area contributed by atoms with E-state index < -0.39 is 0 Å². The van der Waals surface area contributed by atoms with Gasteiger partial charge >= 0.3 is 0 Å². The Bertz CT molecular complexity index is 598. The van der Waals surface area contributed by atoms with Crippen molar-refractivity contribution in [2.75, 3.05) is 7.11 Å². The van der Waals surface area contributed by atoms with Gasteiger partial charge in [-0.05, 0) is 60.1 Å². The van der Waals surface area contributed by atoms with E-state index in [2.05, 4.69) is 50.3 Å². The molecular weight excluding hydrogens is 375 g/mol. The second-order valence-electron chi connectivity index (χ2n) is 4.99. The van der Waals surface area contributed by atoms with Crippen molar-refractivity contribution in [3.8, 4) is 0 Å². The molecule has 1 saturated carbocycles. The molecule has 0 spiro atoms. The van der Waals surface area contributed by atoms with E-state index in [1.165, 1.54) is 9.09 Å². The van der Waals surface area contributed by atoms with Crippen molar-refractivity contribution in [3.63, 3.8) is 0 Å². The van der Waals surface area contributed by atoms with Crippen LogP contribution in [0.5, 0.6) is 0 Å². The number of rotatable bonds is 3. The van der Waals surface area contributed by atoms with Crippen LogP contribution in [0.4, 0.5) is 0 Å². The molecule has 3 rings (SSSR count). The van der Waals surface area contributed by atoms with E-state index in [-0.39, 0.29) is 0 Å². The van der Waals surface area contributed by atoms with Crippen LogP contribution in [0, 0.1) is 3.57 Å². The molecular formula is C14H16ClIN2O. The average Bonchev–Trinajstić information content (AvgIpc) is 3.00. The normalized spacial score (nSPS) is 23.3. The highest BCUT2D eigenvalue weighted by Gasteiger charge is 2.28. The summed E-state index contributed by atoms with van der Waals surface area (Å²) in [7, 11) is 1.80. The van der Waals surface area contributed by atoms with Crippen LogP contribution in [0.25, 0.3) is 11.0 Å². The van der Waals surface area contributed by atoms with Crippen LogP contribution in [-0.2, 0) is 10.6 Å². The Morgan fingerprint density at radius 3 is 3.00 bits per heavy atom. The van der Waals surface area contributed by atoms with Gasteiger partial charge in [-0.3, -0.25) is 0 Å². The van der Waals surface area contributed by atoms with Gasteiger partial charge in [0.05, 0.1) is 23.0 Å². The topological polar surface area (TPSA) is 27.1 Å². The molecule has 19 heavy (non-hydrogen) atoms. The summed E-state index contributed by atoms with van der Waals surface area (Å²) in [4.78, 5) is 4.67. The van der Waals surface area contributed by atoms with Crippen LogP contribution in [0.3, 0.4) is 0 Å². The summed E-state index contributed by atoms with van der Waals surface area (Å²) in [6.45, 7) is 0. The number of ether oxygens (including phenoxy) is 1. The average molecular weight is 391 g/mol. The van der Waals surface area contributed by atoms with Gasteiger partial charge in [-0.2, -0.15) is 0 Å². The lowest BCUT2D eigenvalue weighted by molar-refractivity contribution is 0.106. The number of alkyl halides is 1. The summed E-state index contributed by atoms with van der Waals surface area (Å²) in [5, 5.41) is 0. The molecule has 0 aliphatic heterocycles. The smallest absolute Gasteiger partial charge is 0.125 e. The van der Waals surface area contributed by atoms with E-state index in [1.54, 1.807) is 7.11 Å². The molecule has 2 unspecified atom stereocenters. The minimum Gasteiger partial charge on any atom is -0.381 e. The molecule has 1 aliphatic rings. The number of imidazole rings is 1. The lowest BCUT2D eigenvalue weighted by Gasteiger charge is -2.16. The summed E-state index contributed by atoms with van der Waals surface area (Å²) in [5.74, 6) is 1.43. The highest BCUT2D eigenvalue weighted by Crippen LogP contribution is 2.35. The maximum Gasteiger partial charge on any atom is 0.125 e. The summed E-state index contributed by atoms with van der Waals surface area (Å²) in [5.41, 5.74) is 2.24. The van der Waals surface area contributed by atoms with Crippen molar-refractivity contribution in [2.45, 2.75) is 37.3 Å². The van der Waals surface area contributed by atoms with E-state index in [1.807, 2.05) is 0 Å². The van der Waals surface area contributed by atoms with Crippen LogP contribution < -0.4 is 0 Å². The first-order valence-electron chi connectivity index (χ1n) is 6.48. The van der Waals surface area contributed by atoms with Gasteiger partial charge in [0.1, 0.15) is 5.82 Å². The molecule has 0 N–H and O–H groups in total. The van der Waals surface area contributed by atoms with E-state index in [0.29, 0.717) is 18.0 Å². The van der Waals surface area contributed by atoms with Crippen LogP contribution in [0.15, 0.2) is 18.2 Å². The quantitative estimate of drug-likeness (QED) is 0.582. The molecule has 5 heteroatoms. The van der Waals surface area contributed by atoms with Gasteiger partial charge in [0.25, 0.3) is 0 Å². The molecule has 0 radical (unpaired) electrons. The first-order valence-corrected chi connectivity index (χ1v) is 8.09. The number of nitrogens with zero attached hydrogens (tertiary/aromatic N) is 2. The minimum atomic E-state index is 0.370. The van der Waals surface area contributed by atoms with Crippen LogP contribution in [0.2, 0.25) is 0 Å². The van der Waals surface area contributed by atoms with E-state index in [9.17, 15) is 0 Å². The third-order valence-corrected chi connectivity index (χ3v) is 4.81. The van der Waals surface area contributed by atoms with Gasteiger partial charge in [-0.1, -0.05) is 0 Å². The Morgan fingerprint density at radius 2 is 2.32 bits per heavy atom. The number of hydrogen-bond donors (Lipinski definition) is 0. The zero-order valence-electron chi connectivity index (χ0n) is 10.8. The molecule has 1 aromatic carbocycles. The maximum absolute atomic E-state index is 6.08. The van der Waals surface area contributed by atoms with Crippen LogP contribution in [-0.4, -0.2) is 22.8 Å². The van der Waals surface area contributed by atoms with Gasteiger partial charge < -0.3 is 9.30 Å². The Hall–Kier alpha value is -0.330. The predicted octanol–water partition coefficient (Wildman–Crippen LogP) is 4.12. The number of halogens is 2. The number of fused-ring (bicyclic) bond motifs is 1. The number of aromatic nitrogens is 2. The van der Waals surface area contributed by atoms with Gasteiger partial charge in [-0.25, -0.2) is 4.98 Å². The first kappa shape index (κ1) is 13.6. The molecule has 0 amide bonds. The fraction of sp³-hybridized carbons (Fsp3) is 0.500. The Balaban J connectivity index is 2.06. The third-order valence-electron chi connectivity index (χ3n) is 3.90. The van der Waals surface area contributed by atoms with E-state index in [0.717, 1.165) is 30.6 Å². The highest BCUT2D eigenvalue weighted by molar-refractivity contribution is 14.1. The zero-order valence-corrected chi connectivity index (χ0v) is 13.7. The van der Waals surface area contributed by atoms with Crippen molar-refractivity contribution in [1.82, 2.24) is 9.55 Å². The zero-order chi connectivity index (χ0) is 13.4. The van der Waals surface area contributed by atoms with Gasteiger partial charge in [0.15, 0.2) is 0 Å². The Morgan fingerprint density at radius 1 is 1.47 bits per heavy atom. The summed E-state index contributed by atoms with van der Waals surface area (Å²) in [6.07, 6.45) is 3.68. The Labute approximate surface area is 131 Å². The molecule has 1 aliphatic carbocycles.